The lowest BCUT2D eigenvalue weighted by atomic mass is 10.1. The van der Waals surface area contributed by atoms with E-state index >= 15 is 0 Å². The van der Waals surface area contributed by atoms with E-state index in [1.807, 2.05) is 30.1 Å². The van der Waals surface area contributed by atoms with Crippen LogP contribution in [0.2, 0.25) is 0 Å². The molecule has 0 spiro atoms. The van der Waals surface area contributed by atoms with Crippen molar-refractivity contribution >= 4 is 11.6 Å². The lowest BCUT2D eigenvalue weighted by Gasteiger charge is -2.18. The molecular weight excluding hydrogens is 242 g/mol. The molecule has 1 fully saturated rings. The first kappa shape index (κ1) is 13.7. The first-order chi connectivity index (χ1) is 9.08. The summed E-state index contributed by atoms with van der Waals surface area (Å²) >= 11 is 0. The number of hydrogen-bond acceptors (Lipinski definition) is 4. The Balaban J connectivity index is 1.91. The third-order valence-electron chi connectivity index (χ3n) is 3.10. The van der Waals surface area contributed by atoms with Crippen LogP contribution >= 0.6 is 0 Å². The third-order valence-corrected chi connectivity index (χ3v) is 3.10. The molecule has 0 aromatic heterocycles. The van der Waals surface area contributed by atoms with E-state index in [4.69, 9.17) is 10.5 Å². The molecule has 2 rings (SSSR count). The van der Waals surface area contributed by atoms with Crippen molar-refractivity contribution in [3.8, 4) is 5.75 Å². The second-order valence-electron chi connectivity index (χ2n) is 5.09. The quantitative estimate of drug-likeness (QED) is 0.751. The molecule has 1 aliphatic rings. The van der Waals surface area contributed by atoms with E-state index in [9.17, 15) is 4.79 Å². The molecule has 0 radical (unpaired) electrons. The van der Waals surface area contributed by atoms with Crippen molar-refractivity contribution in [1.29, 1.82) is 0 Å². The second kappa shape index (κ2) is 5.93. The van der Waals surface area contributed by atoms with Crippen molar-refractivity contribution in [1.82, 2.24) is 10.2 Å². The van der Waals surface area contributed by atoms with Gasteiger partial charge in [-0.15, -0.1) is 0 Å². The molecule has 0 heterocycles. The predicted octanol–water partition coefficient (Wildman–Crippen LogP) is 0.988. The number of carbonyl (C=O) groups is 1. The highest BCUT2D eigenvalue weighted by molar-refractivity contribution is 5.78. The van der Waals surface area contributed by atoms with Crippen molar-refractivity contribution in [2.24, 2.45) is 0 Å². The number of anilines is 1. The van der Waals surface area contributed by atoms with Crippen molar-refractivity contribution in [2.45, 2.75) is 25.4 Å². The van der Waals surface area contributed by atoms with Gasteiger partial charge in [-0.1, -0.05) is 0 Å². The summed E-state index contributed by atoms with van der Waals surface area (Å²) in [5.74, 6) is 0.872. The fraction of sp³-hybridized carbons (Fsp3) is 0.500. The van der Waals surface area contributed by atoms with E-state index in [2.05, 4.69) is 5.32 Å². The van der Waals surface area contributed by atoms with Gasteiger partial charge in [0.25, 0.3) is 0 Å². The zero-order chi connectivity index (χ0) is 13.8. The summed E-state index contributed by atoms with van der Waals surface area (Å²) in [5.41, 5.74) is 7.47. The number of carbonyl (C=O) groups excluding carboxylic acids is 1. The molecule has 104 valence electrons. The number of methoxy groups -OCH3 is 1. The topological polar surface area (TPSA) is 67.6 Å². The van der Waals surface area contributed by atoms with Crippen LogP contribution in [-0.2, 0) is 11.3 Å². The summed E-state index contributed by atoms with van der Waals surface area (Å²) < 4.78 is 5.30. The number of amides is 1. The zero-order valence-corrected chi connectivity index (χ0v) is 11.5. The molecular formula is C14H21N3O2. The summed E-state index contributed by atoms with van der Waals surface area (Å²) in [6.45, 7) is 1.01. The number of nitrogens with one attached hydrogen (secondary N) is 1. The van der Waals surface area contributed by atoms with Gasteiger partial charge < -0.3 is 15.8 Å². The molecule has 19 heavy (non-hydrogen) atoms. The molecule has 0 aliphatic heterocycles. The Kier molecular flexibility index (Phi) is 4.27. The Hall–Kier alpha value is -1.75. The minimum absolute atomic E-state index is 0.0767. The van der Waals surface area contributed by atoms with Crippen LogP contribution in [0.5, 0.6) is 5.75 Å². The van der Waals surface area contributed by atoms with E-state index in [0.717, 1.165) is 24.2 Å². The molecule has 0 unspecified atom stereocenters. The van der Waals surface area contributed by atoms with E-state index in [1.54, 1.807) is 7.11 Å². The first-order valence-corrected chi connectivity index (χ1v) is 6.49. The third kappa shape index (κ3) is 4.13. The molecule has 0 atom stereocenters. The molecule has 3 N–H and O–H groups in total. The number of nitrogen functional groups attached to an aromatic ring is 1. The summed E-state index contributed by atoms with van der Waals surface area (Å²) in [7, 11) is 3.55. The van der Waals surface area contributed by atoms with Gasteiger partial charge in [-0.3, -0.25) is 9.69 Å². The Bertz CT molecular complexity index is 458. The van der Waals surface area contributed by atoms with Crippen molar-refractivity contribution in [3.63, 3.8) is 0 Å². The van der Waals surface area contributed by atoms with Crippen LogP contribution in [0.25, 0.3) is 0 Å². The van der Waals surface area contributed by atoms with Crippen LogP contribution in [0.4, 0.5) is 5.69 Å². The van der Waals surface area contributed by atoms with Crippen LogP contribution < -0.4 is 15.8 Å². The Morgan fingerprint density at radius 2 is 2.26 bits per heavy atom. The standard InChI is InChI=1S/C14H21N3O2/c1-17(9-14(18)16-12-4-5-12)8-10-7-11(15)3-6-13(10)19-2/h3,6-7,12H,4-5,8-9,15H2,1-2H3,(H,16,18). The van der Waals surface area contributed by atoms with Crippen LogP contribution in [0.15, 0.2) is 18.2 Å². The maximum absolute atomic E-state index is 11.7. The predicted molar refractivity (Wildman–Crippen MR) is 74.9 cm³/mol. The number of nitrogens with two attached hydrogens (primary N) is 1. The molecule has 1 aromatic carbocycles. The van der Waals surface area contributed by atoms with E-state index in [-0.39, 0.29) is 5.91 Å². The monoisotopic (exact) mass is 263 g/mol. The average Bonchev–Trinajstić information content (AvgIpc) is 3.12. The van der Waals surface area contributed by atoms with Gasteiger partial charge in [0.2, 0.25) is 5.91 Å². The van der Waals surface area contributed by atoms with Gasteiger partial charge in [0.15, 0.2) is 0 Å². The number of benzene rings is 1. The fourth-order valence-electron chi connectivity index (χ4n) is 2.01. The number of likely N-dealkylation sites (N-methyl/N-ethyl adjacent to an activating group) is 1. The van der Waals surface area contributed by atoms with Gasteiger partial charge in [-0.05, 0) is 38.1 Å². The van der Waals surface area contributed by atoms with Crippen LogP contribution in [0.3, 0.4) is 0 Å². The molecule has 5 nitrogen and oxygen atoms in total. The van der Waals surface area contributed by atoms with Crippen LogP contribution in [0.1, 0.15) is 18.4 Å². The molecule has 0 bridgehead atoms. The molecule has 5 heteroatoms. The Labute approximate surface area is 113 Å². The second-order valence-corrected chi connectivity index (χ2v) is 5.09. The molecule has 1 aromatic rings. The number of nitrogens with zero attached hydrogens (tertiary/aromatic N) is 1. The molecule has 0 saturated heterocycles. The highest BCUT2D eigenvalue weighted by Crippen LogP contribution is 2.22. The highest BCUT2D eigenvalue weighted by atomic mass is 16.5. The minimum Gasteiger partial charge on any atom is -0.496 e. The SMILES string of the molecule is COc1ccc(N)cc1CN(C)CC(=O)NC1CC1. The summed E-state index contributed by atoms with van der Waals surface area (Å²) in [5, 5.41) is 2.97. The van der Waals surface area contributed by atoms with Gasteiger partial charge in [0.05, 0.1) is 13.7 Å². The normalized spacial score (nSPS) is 14.5. The smallest absolute Gasteiger partial charge is 0.234 e. The minimum atomic E-state index is 0.0767. The van der Waals surface area contributed by atoms with Crippen molar-refractivity contribution < 1.29 is 9.53 Å². The molecule has 1 saturated carbocycles. The largest absolute Gasteiger partial charge is 0.496 e. The van der Waals surface area contributed by atoms with Gasteiger partial charge >= 0.3 is 0 Å². The highest BCUT2D eigenvalue weighted by Gasteiger charge is 2.23. The van der Waals surface area contributed by atoms with Crippen molar-refractivity contribution in [3.05, 3.63) is 23.8 Å². The van der Waals surface area contributed by atoms with Gasteiger partial charge in [-0.2, -0.15) is 0 Å². The molecule has 1 amide bonds. The maximum Gasteiger partial charge on any atom is 0.234 e. The zero-order valence-electron chi connectivity index (χ0n) is 11.5. The summed E-state index contributed by atoms with van der Waals surface area (Å²) in [6, 6.07) is 5.95. The van der Waals surface area contributed by atoms with E-state index in [0.29, 0.717) is 24.8 Å². The fourth-order valence-corrected chi connectivity index (χ4v) is 2.01. The Morgan fingerprint density at radius 3 is 2.89 bits per heavy atom. The van der Waals surface area contributed by atoms with Gasteiger partial charge in [0.1, 0.15) is 5.75 Å². The van der Waals surface area contributed by atoms with Crippen molar-refractivity contribution in [2.75, 3.05) is 26.4 Å². The van der Waals surface area contributed by atoms with E-state index < -0.39 is 0 Å². The maximum atomic E-state index is 11.7. The lowest BCUT2D eigenvalue weighted by molar-refractivity contribution is -0.122. The first-order valence-electron chi connectivity index (χ1n) is 6.49. The van der Waals surface area contributed by atoms with Crippen LogP contribution in [-0.4, -0.2) is 37.6 Å². The van der Waals surface area contributed by atoms with Gasteiger partial charge in [0, 0.05) is 23.8 Å². The number of ether oxygens (including phenoxy) is 1. The summed E-state index contributed by atoms with van der Waals surface area (Å²) in [6.07, 6.45) is 2.22. The average molecular weight is 263 g/mol. The molecule has 1 aliphatic carbocycles. The lowest BCUT2D eigenvalue weighted by Crippen LogP contribution is -2.36. The Morgan fingerprint density at radius 1 is 1.53 bits per heavy atom. The van der Waals surface area contributed by atoms with Gasteiger partial charge in [-0.25, -0.2) is 0 Å². The number of hydrogen-bond donors (Lipinski definition) is 2. The van der Waals surface area contributed by atoms with E-state index in [1.165, 1.54) is 0 Å². The van der Waals surface area contributed by atoms with Crippen LogP contribution in [0, 0.1) is 0 Å². The number of rotatable bonds is 6. The summed E-state index contributed by atoms with van der Waals surface area (Å²) in [4.78, 5) is 13.7.